The fourth-order valence-electron chi connectivity index (χ4n) is 2.94. The third-order valence-electron chi connectivity index (χ3n) is 5.03. The second-order valence-electron chi connectivity index (χ2n) is 7.92. The van der Waals surface area contributed by atoms with Crippen molar-refractivity contribution >= 4 is 41.4 Å². The van der Waals surface area contributed by atoms with Gasteiger partial charge in [0.25, 0.3) is 0 Å². The quantitative estimate of drug-likeness (QED) is 0.0998. The fraction of sp³-hybridized carbons (Fsp3) is 0.500. The average Bonchev–Trinajstić information content (AvgIpc) is 2.87. The van der Waals surface area contributed by atoms with Crippen LogP contribution < -0.4 is 27.0 Å². The van der Waals surface area contributed by atoms with Gasteiger partial charge < -0.3 is 47.4 Å². The van der Waals surface area contributed by atoms with E-state index in [1.807, 2.05) is 0 Å². The van der Waals surface area contributed by atoms with Crippen LogP contribution in [-0.2, 0) is 30.4 Å². The van der Waals surface area contributed by atoms with E-state index in [0.29, 0.717) is 11.3 Å². The molecule has 10 N–H and O–H groups in total. The SMILES string of the molecule is CSCC[C@H](NC(=O)CNC(=O)[C@H](Cc1ccc(O)cc1)NC(=O)[C@@H](N)CO)C(=O)N[C@@H](CO)C(=O)O. The summed E-state index contributed by atoms with van der Waals surface area (Å²) < 4.78 is 0. The number of aliphatic carboxylic acids is 1. The second kappa shape index (κ2) is 16.4. The number of rotatable bonds is 16. The molecule has 1 aromatic carbocycles. The molecular formula is C22H33N5O9S. The molecule has 0 saturated carbocycles. The number of phenols is 1. The van der Waals surface area contributed by atoms with Crippen molar-refractivity contribution in [1.82, 2.24) is 21.3 Å². The summed E-state index contributed by atoms with van der Waals surface area (Å²) in [6, 6.07) is 0.727. The third kappa shape index (κ3) is 11.5. The number of carboxylic acid groups (broad SMARTS) is 1. The van der Waals surface area contributed by atoms with Gasteiger partial charge in [-0.05, 0) is 36.1 Å². The van der Waals surface area contributed by atoms with Crippen molar-refractivity contribution in [3.8, 4) is 5.75 Å². The van der Waals surface area contributed by atoms with E-state index in [2.05, 4.69) is 21.3 Å². The summed E-state index contributed by atoms with van der Waals surface area (Å²) in [6.07, 6.45) is 1.91. The number of aliphatic hydroxyl groups is 2. The maximum absolute atomic E-state index is 12.8. The minimum absolute atomic E-state index is 0.00138. The molecule has 1 aromatic rings. The number of phenolic OH excluding ortho intramolecular Hbond substituents is 1. The predicted octanol–water partition coefficient (Wildman–Crippen LogP) is -3.35. The Balaban J connectivity index is 2.85. The highest BCUT2D eigenvalue weighted by Gasteiger charge is 2.27. The number of nitrogens with one attached hydrogen (secondary N) is 4. The molecule has 0 aliphatic rings. The van der Waals surface area contributed by atoms with Gasteiger partial charge in [-0.2, -0.15) is 11.8 Å². The largest absolute Gasteiger partial charge is 0.508 e. The Bertz CT molecular complexity index is 932. The zero-order valence-corrected chi connectivity index (χ0v) is 21.0. The van der Waals surface area contributed by atoms with Crippen LogP contribution in [0.1, 0.15) is 12.0 Å². The van der Waals surface area contributed by atoms with Gasteiger partial charge in [-0.15, -0.1) is 0 Å². The van der Waals surface area contributed by atoms with E-state index >= 15 is 0 Å². The van der Waals surface area contributed by atoms with Crippen molar-refractivity contribution in [2.24, 2.45) is 5.73 Å². The van der Waals surface area contributed by atoms with Crippen molar-refractivity contribution < 1.29 is 44.4 Å². The first kappa shape index (κ1) is 31.6. The number of hydrogen-bond acceptors (Lipinski definition) is 10. The van der Waals surface area contributed by atoms with Gasteiger partial charge in [-0.3, -0.25) is 19.2 Å². The Morgan fingerprint density at radius 3 is 2.05 bits per heavy atom. The summed E-state index contributed by atoms with van der Waals surface area (Å²) in [4.78, 5) is 60.9. The number of benzene rings is 1. The maximum Gasteiger partial charge on any atom is 0.328 e. The van der Waals surface area contributed by atoms with Crippen molar-refractivity contribution in [3.05, 3.63) is 29.8 Å². The molecule has 0 saturated heterocycles. The first-order valence-corrected chi connectivity index (χ1v) is 12.6. The number of carboxylic acids is 1. The van der Waals surface area contributed by atoms with Gasteiger partial charge in [0.15, 0.2) is 0 Å². The number of carbonyl (C=O) groups excluding carboxylic acids is 4. The van der Waals surface area contributed by atoms with Gasteiger partial charge >= 0.3 is 5.97 Å². The molecule has 0 aliphatic carbocycles. The molecule has 0 bridgehead atoms. The van der Waals surface area contributed by atoms with Gasteiger partial charge in [0.1, 0.15) is 29.9 Å². The van der Waals surface area contributed by atoms with Crippen molar-refractivity contribution in [2.45, 2.75) is 37.0 Å². The highest BCUT2D eigenvalue weighted by Crippen LogP contribution is 2.11. The number of nitrogens with two attached hydrogens (primary N) is 1. The van der Waals surface area contributed by atoms with E-state index in [-0.39, 0.29) is 18.6 Å². The molecule has 15 heteroatoms. The van der Waals surface area contributed by atoms with Crippen LogP contribution in [0.4, 0.5) is 0 Å². The van der Waals surface area contributed by atoms with Gasteiger partial charge in [0.05, 0.1) is 19.8 Å². The minimum atomic E-state index is -1.55. The molecule has 1 rings (SSSR count). The number of aliphatic hydroxyl groups excluding tert-OH is 2. The highest BCUT2D eigenvalue weighted by atomic mass is 32.2. The normalized spacial score (nSPS) is 13.9. The van der Waals surface area contributed by atoms with E-state index < -0.39 is 73.5 Å². The molecule has 0 fully saturated rings. The minimum Gasteiger partial charge on any atom is -0.508 e. The standard InChI is InChI=1S/C22H33N5O9S/c1-37-7-6-15(21(34)27-17(11-29)22(35)36)25-18(31)9-24-20(33)16(26-19(32)14(23)10-28)8-12-2-4-13(30)5-3-12/h2-5,14-17,28-30H,6-11,23H2,1H3,(H,24,33)(H,25,31)(H,26,32)(H,27,34)(H,35,36)/t14-,15-,16-,17-/m0/s1. The van der Waals surface area contributed by atoms with Crippen LogP contribution in [0.25, 0.3) is 0 Å². The van der Waals surface area contributed by atoms with Gasteiger partial charge in [0, 0.05) is 6.42 Å². The Morgan fingerprint density at radius 1 is 0.892 bits per heavy atom. The summed E-state index contributed by atoms with van der Waals surface area (Å²) in [5.41, 5.74) is 6.08. The molecule has 0 radical (unpaired) electrons. The van der Waals surface area contributed by atoms with Crippen LogP contribution in [0.5, 0.6) is 5.75 Å². The predicted molar refractivity (Wildman–Crippen MR) is 133 cm³/mol. The summed E-state index contributed by atoms with van der Waals surface area (Å²) in [7, 11) is 0. The van der Waals surface area contributed by atoms with E-state index in [1.165, 1.54) is 36.0 Å². The molecule has 14 nitrogen and oxygen atoms in total. The zero-order chi connectivity index (χ0) is 28.0. The Hall–Kier alpha value is -3.40. The van der Waals surface area contributed by atoms with Crippen molar-refractivity contribution in [1.29, 1.82) is 0 Å². The van der Waals surface area contributed by atoms with Crippen LogP contribution in [0.3, 0.4) is 0 Å². The molecule has 0 aliphatic heterocycles. The molecule has 206 valence electrons. The monoisotopic (exact) mass is 543 g/mol. The topological polar surface area (TPSA) is 240 Å². The molecular weight excluding hydrogens is 510 g/mol. The maximum atomic E-state index is 12.8. The van der Waals surface area contributed by atoms with Crippen molar-refractivity contribution in [2.75, 3.05) is 31.8 Å². The summed E-state index contributed by atoms with van der Waals surface area (Å²) in [5.74, 6) is -4.11. The molecule has 0 spiro atoms. The van der Waals surface area contributed by atoms with Crippen LogP contribution in [-0.4, -0.2) is 106 Å². The van der Waals surface area contributed by atoms with E-state index in [0.717, 1.165) is 0 Å². The van der Waals surface area contributed by atoms with Crippen LogP contribution in [0, 0.1) is 0 Å². The van der Waals surface area contributed by atoms with E-state index in [4.69, 9.17) is 21.1 Å². The lowest BCUT2D eigenvalue weighted by Gasteiger charge is -2.22. The number of hydrogen-bond donors (Lipinski definition) is 9. The first-order valence-electron chi connectivity index (χ1n) is 11.2. The third-order valence-corrected chi connectivity index (χ3v) is 5.67. The average molecular weight is 544 g/mol. The molecule has 4 amide bonds. The molecule has 0 heterocycles. The number of aromatic hydroxyl groups is 1. The number of amides is 4. The van der Waals surface area contributed by atoms with Gasteiger partial charge in [-0.25, -0.2) is 4.79 Å². The summed E-state index contributed by atoms with van der Waals surface area (Å²) in [6.45, 7) is -2.06. The highest BCUT2D eigenvalue weighted by molar-refractivity contribution is 7.98. The summed E-state index contributed by atoms with van der Waals surface area (Å²) >= 11 is 1.39. The fourth-order valence-corrected chi connectivity index (χ4v) is 3.41. The number of carbonyl (C=O) groups is 5. The van der Waals surface area contributed by atoms with Gasteiger partial charge in [-0.1, -0.05) is 12.1 Å². The molecule has 0 unspecified atom stereocenters. The Morgan fingerprint density at radius 2 is 1.51 bits per heavy atom. The summed E-state index contributed by atoms with van der Waals surface area (Å²) in [5, 5.41) is 46.0. The van der Waals surface area contributed by atoms with Crippen LogP contribution in [0.2, 0.25) is 0 Å². The zero-order valence-electron chi connectivity index (χ0n) is 20.2. The molecule has 37 heavy (non-hydrogen) atoms. The number of thioether (sulfide) groups is 1. The first-order chi connectivity index (χ1) is 17.5. The van der Waals surface area contributed by atoms with Crippen molar-refractivity contribution in [3.63, 3.8) is 0 Å². The lowest BCUT2D eigenvalue weighted by molar-refractivity contribution is -0.143. The van der Waals surface area contributed by atoms with E-state index in [1.54, 1.807) is 6.26 Å². The van der Waals surface area contributed by atoms with E-state index in [9.17, 15) is 29.1 Å². The Kier molecular flexibility index (Phi) is 14.0. The van der Waals surface area contributed by atoms with Gasteiger partial charge in [0.2, 0.25) is 23.6 Å². The molecule has 4 atom stereocenters. The van der Waals surface area contributed by atoms with Crippen LogP contribution >= 0.6 is 11.8 Å². The molecule has 0 aromatic heterocycles. The van der Waals surface area contributed by atoms with Crippen LogP contribution in [0.15, 0.2) is 24.3 Å². The second-order valence-corrected chi connectivity index (χ2v) is 8.91. The lowest BCUT2D eigenvalue weighted by Crippen LogP contribution is -2.56. The Labute approximate surface area is 217 Å². The lowest BCUT2D eigenvalue weighted by atomic mass is 10.0. The smallest absolute Gasteiger partial charge is 0.328 e.